The summed E-state index contributed by atoms with van der Waals surface area (Å²) in [7, 11) is -10.3. The van der Waals surface area contributed by atoms with Crippen LogP contribution in [0, 0.1) is 5.41 Å². The summed E-state index contributed by atoms with van der Waals surface area (Å²) in [5.41, 5.74) is 4.40. The van der Waals surface area contributed by atoms with E-state index in [0.717, 1.165) is 31.4 Å². The Labute approximate surface area is 307 Å². The molecule has 0 unspecified atom stereocenters. The Balaban J connectivity index is 0.000000336. The molecule has 0 bridgehead atoms. The first kappa shape index (κ1) is 40.0. The van der Waals surface area contributed by atoms with Gasteiger partial charge in [0.1, 0.15) is 15.0 Å². The van der Waals surface area contributed by atoms with Crippen LogP contribution < -0.4 is 46.0 Å². The van der Waals surface area contributed by atoms with Gasteiger partial charge in [-0.25, -0.2) is 13.2 Å². The number of carbonyl (C=O) groups is 4. The Bertz CT molecular complexity index is 2270. The van der Waals surface area contributed by atoms with Crippen molar-refractivity contribution in [1.82, 2.24) is 10.2 Å². The SMILES string of the molecule is CC(=O)NCCCCCN1C(=O)C=CC1=O.N=c1ccc2c(-c3ccccc3C(=O)O)c3ccc(N)c(S(=O)(=O)O)c3oc-2c1S(=O)(=O)[O-].[Na+]. The minimum absolute atomic E-state index is 0. The van der Waals surface area contributed by atoms with Crippen molar-refractivity contribution >= 4 is 60.6 Å². The summed E-state index contributed by atoms with van der Waals surface area (Å²) in [5.74, 6) is -2.52. The van der Waals surface area contributed by atoms with Crippen molar-refractivity contribution in [3.63, 3.8) is 0 Å². The average Bonchev–Trinajstić information content (AvgIpc) is 3.32. The maximum atomic E-state index is 12.1. The molecule has 0 radical (unpaired) electrons. The van der Waals surface area contributed by atoms with Gasteiger partial charge in [-0.3, -0.25) is 29.2 Å². The van der Waals surface area contributed by atoms with Gasteiger partial charge >= 0.3 is 35.5 Å². The zero-order valence-corrected chi connectivity index (χ0v) is 30.3. The number of hydrogen-bond donors (Lipinski definition) is 5. The van der Waals surface area contributed by atoms with Gasteiger partial charge in [0.15, 0.2) is 16.2 Å². The van der Waals surface area contributed by atoms with Crippen molar-refractivity contribution < 1.29 is 84.2 Å². The second-order valence-electron chi connectivity index (χ2n) is 10.6. The number of benzene rings is 3. The van der Waals surface area contributed by atoms with Gasteiger partial charge in [-0.15, -0.1) is 0 Å². The predicted octanol–water partition coefficient (Wildman–Crippen LogP) is -0.663. The van der Waals surface area contributed by atoms with E-state index >= 15 is 0 Å². The van der Waals surface area contributed by atoms with Crippen molar-refractivity contribution in [1.29, 1.82) is 5.41 Å². The number of amides is 3. The molecule has 50 heavy (non-hydrogen) atoms. The number of carboxylic acid groups (broad SMARTS) is 1. The number of aromatic carboxylic acids is 1. The number of anilines is 1. The molecular weight excluding hydrogens is 707 g/mol. The minimum atomic E-state index is -5.30. The Hall–Kier alpha value is -4.43. The van der Waals surface area contributed by atoms with Gasteiger partial charge < -0.3 is 25.1 Å². The number of nitrogen functional groups attached to an aromatic ring is 1. The van der Waals surface area contributed by atoms with Gasteiger partial charge in [0.25, 0.3) is 21.9 Å². The van der Waals surface area contributed by atoms with Crippen molar-refractivity contribution in [3.8, 4) is 22.5 Å². The second kappa shape index (κ2) is 16.1. The van der Waals surface area contributed by atoms with Crippen LogP contribution >= 0.6 is 0 Å². The number of nitrogens with one attached hydrogen (secondary N) is 2. The molecule has 0 fully saturated rings. The molecule has 2 aliphatic heterocycles. The third-order valence-electron chi connectivity index (χ3n) is 7.27. The van der Waals surface area contributed by atoms with Crippen LogP contribution in [0.5, 0.6) is 0 Å². The molecule has 2 aromatic rings. The van der Waals surface area contributed by atoms with E-state index in [0.29, 0.717) is 13.1 Å². The largest absolute Gasteiger partial charge is 1.00 e. The van der Waals surface area contributed by atoms with Crippen LogP contribution in [0.15, 0.2) is 74.9 Å². The number of carbonyl (C=O) groups excluding carboxylic acids is 3. The number of nitrogens with zero attached hydrogens (tertiary/aromatic N) is 1. The Morgan fingerprint density at radius 1 is 0.940 bits per heavy atom. The van der Waals surface area contributed by atoms with Crippen LogP contribution in [0.2, 0.25) is 0 Å². The number of carboxylic acids is 1. The third-order valence-corrected chi connectivity index (χ3v) is 9.11. The van der Waals surface area contributed by atoms with E-state index in [-0.39, 0.29) is 74.9 Å². The number of nitrogens with two attached hydrogens (primary N) is 1. The van der Waals surface area contributed by atoms with Crippen molar-refractivity contribution in [2.24, 2.45) is 0 Å². The monoisotopic (exact) mass is 736 g/mol. The normalized spacial score (nSPS) is 12.8. The molecule has 16 nitrogen and oxygen atoms in total. The molecule has 0 saturated carbocycles. The van der Waals surface area contributed by atoms with E-state index in [1.54, 1.807) is 0 Å². The van der Waals surface area contributed by atoms with Crippen LogP contribution in [-0.4, -0.2) is 72.7 Å². The molecule has 6 N–H and O–H groups in total. The second-order valence-corrected chi connectivity index (χ2v) is 13.3. The minimum Gasteiger partial charge on any atom is -0.744 e. The summed E-state index contributed by atoms with van der Waals surface area (Å²) < 4.78 is 75.3. The first-order chi connectivity index (χ1) is 22.9. The Morgan fingerprint density at radius 2 is 1.58 bits per heavy atom. The molecule has 19 heteroatoms. The summed E-state index contributed by atoms with van der Waals surface area (Å²) in [6.45, 7) is 2.59. The van der Waals surface area contributed by atoms with E-state index in [2.05, 4.69) is 5.32 Å². The maximum absolute atomic E-state index is 12.1. The Kier molecular flexibility index (Phi) is 12.9. The zero-order chi connectivity index (χ0) is 36.3. The zero-order valence-electron chi connectivity index (χ0n) is 26.6. The molecule has 0 spiro atoms. The number of rotatable bonds is 10. The van der Waals surface area contributed by atoms with E-state index < -0.39 is 58.4 Å². The predicted molar refractivity (Wildman–Crippen MR) is 172 cm³/mol. The topological polar surface area (TPSA) is 278 Å². The smallest absolute Gasteiger partial charge is 0.744 e. The van der Waals surface area contributed by atoms with Gasteiger partial charge in [-0.05, 0) is 55.2 Å². The molecule has 2 aromatic carbocycles. The fourth-order valence-electron chi connectivity index (χ4n) is 5.16. The molecule has 3 amide bonds. The summed E-state index contributed by atoms with van der Waals surface area (Å²) in [5, 5.41) is 19.5. The number of fused-ring (bicyclic) bond motifs is 2. The summed E-state index contributed by atoms with van der Waals surface area (Å²) >= 11 is 0. The van der Waals surface area contributed by atoms with Crippen molar-refractivity contribution in [3.05, 3.63) is 71.6 Å². The quantitative estimate of drug-likeness (QED) is 0.0338. The summed E-state index contributed by atoms with van der Waals surface area (Å²) in [6.07, 6.45) is 5.11. The number of hydrogen-bond acceptors (Lipinski definition) is 12. The van der Waals surface area contributed by atoms with Crippen LogP contribution in [0.3, 0.4) is 0 Å². The molecule has 3 aliphatic rings. The van der Waals surface area contributed by atoms with E-state index in [1.165, 1.54) is 60.4 Å². The standard InChI is InChI=1S/C20H14N2O9S2.C11H16N2O3.Na/c21-13-7-5-11-15(9-3-1-2-4-10(9)20(23)24)12-6-8-14(22)19(33(28,29)30)17(12)31-16(11)18(13)32(25,26)27;1-9(14)12-7-3-2-4-8-13-10(15)5-6-11(13)16;/h1-8,21H,22H2,(H,23,24)(H,25,26,27)(H,28,29,30);5-6H,2-4,7-8H2,1H3,(H,12,14);/q;;+1/p-1. The molecule has 1 aliphatic carbocycles. The average molecular weight is 737 g/mol. The molecule has 258 valence electrons. The fraction of sp³-hybridized carbons (Fsp3) is 0.194. The first-order valence-corrected chi connectivity index (χ1v) is 17.2. The fourth-order valence-corrected chi connectivity index (χ4v) is 6.63. The van der Waals surface area contributed by atoms with E-state index in [4.69, 9.17) is 15.6 Å². The summed E-state index contributed by atoms with van der Waals surface area (Å²) in [6, 6.07) is 10.3. The third kappa shape index (κ3) is 8.83. The van der Waals surface area contributed by atoms with Crippen molar-refractivity contribution in [2.75, 3.05) is 18.8 Å². The van der Waals surface area contributed by atoms with E-state index in [9.17, 15) is 50.2 Å². The molecule has 0 atom stereocenters. The molecule has 5 rings (SSSR count). The molecule has 0 saturated heterocycles. The van der Waals surface area contributed by atoms with E-state index in [1.807, 2.05) is 0 Å². The van der Waals surface area contributed by atoms with Crippen LogP contribution in [0.4, 0.5) is 5.69 Å². The number of unbranched alkanes of at least 4 members (excludes halogenated alkanes) is 2. The van der Waals surface area contributed by atoms with Gasteiger partial charge in [0.2, 0.25) is 5.91 Å². The number of imide groups is 1. The van der Waals surface area contributed by atoms with Crippen molar-refractivity contribution in [2.45, 2.75) is 36.0 Å². The van der Waals surface area contributed by atoms with Gasteiger partial charge in [0.05, 0.1) is 16.6 Å². The van der Waals surface area contributed by atoms with Crippen LogP contribution in [0.25, 0.3) is 33.4 Å². The Morgan fingerprint density at radius 3 is 2.16 bits per heavy atom. The molecular formula is C31H29N4NaO12S2. The van der Waals surface area contributed by atoms with Gasteiger partial charge in [0, 0.05) is 48.7 Å². The van der Waals surface area contributed by atoms with Gasteiger partial charge in [-0.2, -0.15) is 8.42 Å². The summed E-state index contributed by atoms with van der Waals surface area (Å²) in [4.78, 5) is 44.0. The van der Waals surface area contributed by atoms with Gasteiger partial charge in [-0.1, -0.05) is 18.2 Å². The van der Waals surface area contributed by atoms with Crippen LogP contribution in [0.1, 0.15) is 36.5 Å². The van der Waals surface area contributed by atoms with Crippen LogP contribution in [-0.2, 0) is 34.6 Å². The molecule has 0 aromatic heterocycles. The molecule has 2 heterocycles. The first-order valence-electron chi connectivity index (χ1n) is 14.3. The maximum Gasteiger partial charge on any atom is 1.00 e.